The fourth-order valence-corrected chi connectivity index (χ4v) is 4.15. The number of rotatable bonds is 9. The molecule has 0 aliphatic heterocycles. The third-order valence-electron chi connectivity index (χ3n) is 4.96. The molecule has 0 unspecified atom stereocenters. The van der Waals surface area contributed by atoms with Crippen LogP contribution in [0.15, 0.2) is 70.6 Å². The summed E-state index contributed by atoms with van der Waals surface area (Å²) in [4.78, 5) is 20.5. The van der Waals surface area contributed by atoms with Gasteiger partial charge in [0.25, 0.3) is 0 Å². The Morgan fingerprint density at radius 1 is 1.09 bits per heavy atom. The van der Waals surface area contributed by atoms with Gasteiger partial charge in [0.15, 0.2) is 0 Å². The van der Waals surface area contributed by atoms with Gasteiger partial charge in [-0.05, 0) is 41.8 Å². The Morgan fingerprint density at radius 3 is 2.66 bits per heavy atom. The highest BCUT2D eigenvalue weighted by molar-refractivity contribution is 7.09. The Kier molecular flexibility index (Phi) is 7.19. The van der Waals surface area contributed by atoms with Crippen LogP contribution in [0.1, 0.15) is 22.8 Å². The second kappa shape index (κ2) is 10.4. The van der Waals surface area contributed by atoms with Gasteiger partial charge in [0.1, 0.15) is 5.75 Å². The Bertz CT molecular complexity index is 1160. The zero-order valence-electron chi connectivity index (χ0n) is 17.5. The highest BCUT2D eigenvalue weighted by Crippen LogP contribution is 2.23. The van der Waals surface area contributed by atoms with Gasteiger partial charge in [-0.1, -0.05) is 41.0 Å². The molecule has 1 amide bonds. The van der Waals surface area contributed by atoms with E-state index in [2.05, 4.69) is 10.1 Å². The Hall–Kier alpha value is -3.16. The van der Waals surface area contributed by atoms with Crippen LogP contribution >= 0.6 is 22.9 Å². The molecule has 0 N–H and O–H groups in total. The van der Waals surface area contributed by atoms with Crippen molar-refractivity contribution in [3.63, 3.8) is 0 Å². The molecule has 0 spiro atoms. The monoisotopic (exact) mass is 467 g/mol. The highest BCUT2D eigenvalue weighted by Gasteiger charge is 2.19. The maximum absolute atomic E-state index is 13.1. The number of methoxy groups -OCH3 is 1. The van der Waals surface area contributed by atoms with E-state index in [0.717, 1.165) is 21.8 Å². The maximum atomic E-state index is 13.1. The van der Waals surface area contributed by atoms with Crippen LogP contribution in [0.25, 0.3) is 11.4 Å². The van der Waals surface area contributed by atoms with Gasteiger partial charge in [0, 0.05) is 40.4 Å². The van der Waals surface area contributed by atoms with Crippen LogP contribution in [-0.4, -0.2) is 28.1 Å². The number of para-hydroxylation sites is 1. The summed E-state index contributed by atoms with van der Waals surface area (Å²) in [5.74, 6) is 1.68. The lowest BCUT2D eigenvalue weighted by molar-refractivity contribution is -0.132. The summed E-state index contributed by atoms with van der Waals surface area (Å²) >= 11 is 7.56. The van der Waals surface area contributed by atoms with Gasteiger partial charge in [-0.15, -0.1) is 11.3 Å². The molecule has 2 heterocycles. The number of carbonyl (C=O) groups is 1. The molecule has 4 rings (SSSR count). The summed E-state index contributed by atoms with van der Waals surface area (Å²) in [5, 5.41) is 6.68. The summed E-state index contributed by atoms with van der Waals surface area (Å²) in [7, 11) is 1.64. The number of hydrogen-bond donors (Lipinski definition) is 0. The Labute approximate surface area is 195 Å². The molecule has 2 aromatic heterocycles. The van der Waals surface area contributed by atoms with E-state index in [1.807, 2.05) is 58.8 Å². The van der Waals surface area contributed by atoms with E-state index in [-0.39, 0.29) is 12.3 Å². The van der Waals surface area contributed by atoms with Crippen LogP contribution in [-0.2, 0) is 24.3 Å². The fraction of sp³-hybridized carbons (Fsp3) is 0.208. The fourth-order valence-electron chi connectivity index (χ4n) is 3.31. The first-order valence-electron chi connectivity index (χ1n) is 10.1. The SMILES string of the molecule is COc1ccccc1CN(Cc1cccs1)C(=O)CCc1nc(-c2ccc(Cl)cc2)no1. The number of ether oxygens (including phenoxy) is 1. The zero-order chi connectivity index (χ0) is 22.3. The predicted octanol–water partition coefficient (Wildman–Crippen LogP) is 5.62. The summed E-state index contributed by atoms with van der Waals surface area (Å²) in [6, 6.07) is 19.0. The molecule has 32 heavy (non-hydrogen) atoms. The average Bonchev–Trinajstić information content (AvgIpc) is 3.50. The van der Waals surface area contributed by atoms with E-state index in [1.54, 1.807) is 30.6 Å². The summed E-state index contributed by atoms with van der Waals surface area (Å²) in [6.07, 6.45) is 0.634. The summed E-state index contributed by atoms with van der Waals surface area (Å²) < 4.78 is 10.8. The lowest BCUT2D eigenvalue weighted by Gasteiger charge is -2.23. The molecule has 0 aliphatic carbocycles. The molecule has 0 fully saturated rings. The largest absolute Gasteiger partial charge is 0.496 e. The van der Waals surface area contributed by atoms with E-state index in [9.17, 15) is 4.79 Å². The topological polar surface area (TPSA) is 68.5 Å². The standard InChI is InChI=1S/C24H22ClN3O3S/c1-30-21-7-3-2-5-18(21)15-28(16-20-6-4-14-32-20)23(29)13-12-22-26-24(27-31-22)17-8-10-19(25)11-9-17/h2-11,14H,12-13,15-16H2,1H3. The number of aryl methyl sites for hydroxylation is 1. The van der Waals surface area contributed by atoms with Crippen LogP contribution in [0.2, 0.25) is 5.02 Å². The summed E-state index contributed by atoms with van der Waals surface area (Å²) in [5.41, 5.74) is 1.77. The minimum Gasteiger partial charge on any atom is -0.496 e. The van der Waals surface area contributed by atoms with E-state index in [0.29, 0.717) is 36.2 Å². The van der Waals surface area contributed by atoms with Crippen molar-refractivity contribution in [2.45, 2.75) is 25.9 Å². The van der Waals surface area contributed by atoms with Crippen LogP contribution < -0.4 is 4.74 Å². The number of thiophene rings is 1. The molecule has 164 valence electrons. The van der Waals surface area contributed by atoms with Crippen molar-refractivity contribution in [3.8, 4) is 17.1 Å². The molecular formula is C24H22ClN3O3S. The lowest BCUT2D eigenvalue weighted by atomic mass is 10.1. The average molecular weight is 468 g/mol. The molecule has 0 bridgehead atoms. The minimum atomic E-state index is 0.00977. The van der Waals surface area contributed by atoms with Gasteiger partial charge in [0.05, 0.1) is 13.7 Å². The number of halogens is 1. The molecular weight excluding hydrogens is 446 g/mol. The molecule has 0 radical (unpaired) electrons. The van der Waals surface area contributed by atoms with E-state index in [1.165, 1.54) is 0 Å². The third-order valence-corrected chi connectivity index (χ3v) is 6.07. The second-order valence-corrected chi connectivity index (χ2v) is 8.63. The van der Waals surface area contributed by atoms with Crippen LogP contribution in [0.5, 0.6) is 5.75 Å². The number of benzene rings is 2. The molecule has 8 heteroatoms. The van der Waals surface area contributed by atoms with Gasteiger partial charge in [-0.2, -0.15) is 4.98 Å². The molecule has 0 atom stereocenters. The molecule has 0 aliphatic rings. The van der Waals surface area contributed by atoms with Gasteiger partial charge in [-0.3, -0.25) is 4.79 Å². The van der Waals surface area contributed by atoms with Crippen molar-refractivity contribution < 1.29 is 14.1 Å². The molecule has 4 aromatic rings. The number of aromatic nitrogens is 2. The Balaban J connectivity index is 1.44. The maximum Gasteiger partial charge on any atom is 0.227 e. The Morgan fingerprint density at radius 2 is 1.91 bits per heavy atom. The first kappa shape index (κ1) is 22.0. The molecule has 6 nitrogen and oxygen atoms in total. The van der Waals surface area contributed by atoms with Crippen molar-refractivity contribution in [3.05, 3.63) is 87.4 Å². The van der Waals surface area contributed by atoms with Gasteiger partial charge in [0.2, 0.25) is 17.6 Å². The number of hydrogen-bond acceptors (Lipinski definition) is 6. The van der Waals surface area contributed by atoms with Crippen molar-refractivity contribution in [2.75, 3.05) is 7.11 Å². The van der Waals surface area contributed by atoms with E-state index < -0.39 is 0 Å². The molecule has 2 aromatic carbocycles. The van der Waals surface area contributed by atoms with Crippen LogP contribution in [0, 0.1) is 0 Å². The van der Waals surface area contributed by atoms with Crippen molar-refractivity contribution in [1.82, 2.24) is 15.0 Å². The predicted molar refractivity (Wildman–Crippen MR) is 125 cm³/mol. The van der Waals surface area contributed by atoms with Crippen molar-refractivity contribution in [2.24, 2.45) is 0 Å². The van der Waals surface area contributed by atoms with Gasteiger partial charge in [-0.25, -0.2) is 0 Å². The van der Waals surface area contributed by atoms with Crippen molar-refractivity contribution in [1.29, 1.82) is 0 Å². The van der Waals surface area contributed by atoms with Crippen LogP contribution in [0.3, 0.4) is 0 Å². The molecule has 0 saturated heterocycles. The van der Waals surface area contributed by atoms with Crippen LogP contribution in [0.4, 0.5) is 0 Å². The second-order valence-electron chi connectivity index (χ2n) is 7.16. The number of nitrogens with zero attached hydrogens (tertiary/aromatic N) is 3. The number of carbonyl (C=O) groups excluding carboxylic acids is 1. The summed E-state index contributed by atoms with van der Waals surface area (Å²) in [6.45, 7) is 0.995. The third kappa shape index (κ3) is 5.55. The smallest absolute Gasteiger partial charge is 0.227 e. The minimum absolute atomic E-state index is 0.00977. The van der Waals surface area contributed by atoms with Gasteiger partial charge >= 0.3 is 0 Å². The first-order chi connectivity index (χ1) is 15.6. The lowest BCUT2D eigenvalue weighted by Crippen LogP contribution is -2.30. The van der Waals surface area contributed by atoms with Gasteiger partial charge < -0.3 is 14.2 Å². The highest BCUT2D eigenvalue weighted by atomic mass is 35.5. The quantitative estimate of drug-likeness (QED) is 0.319. The van der Waals surface area contributed by atoms with Crippen molar-refractivity contribution >= 4 is 28.8 Å². The zero-order valence-corrected chi connectivity index (χ0v) is 19.1. The van der Waals surface area contributed by atoms with E-state index in [4.69, 9.17) is 20.9 Å². The molecule has 0 saturated carbocycles. The first-order valence-corrected chi connectivity index (χ1v) is 11.4. The number of amides is 1. The van der Waals surface area contributed by atoms with E-state index >= 15 is 0 Å². The normalized spacial score (nSPS) is 10.8.